The van der Waals surface area contributed by atoms with Crippen LogP contribution in [0.4, 0.5) is 22.9 Å². The molecule has 0 saturated carbocycles. The molecule has 0 spiro atoms. The lowest BCUT2D eigenvalue weighted by atomic mass is 9.40. The highest BCUT2D eigenvalue weighted by molar-refractivity contribution is 6.00. The van der Waals surface area contributed by atoms with Gasteiger partial charge in [-0.25, -0.2) is 9.97 Å². The zero-order valence-electron chi connectivity index (χ0n) is 19.8. The molecule has 0 bridgehead atoms. The van der Waals surface area contributed by atoms with Crippen molar-refractivity contribution in [3.63, 3.8) is 0 Å². The molecule has 0 N–H and O–H groups in total. The largest absolute Gasteiger partial charge is 0.355 e. The fourth-order valence-corrected chi connectivity index (χ4v) is 7.79. The molecule has 0 amide bonds. The molecule has 1 aliphatic carbocycles. The molecule has 6 heteroatoms. The second-order valence-corrected chi connectivity index (χ2v) is 10.5. The minimum atomic E-state index is -0.150. The Balaban J connectivity index is 1.49. The van der Waals surface area contributed by atoms with Gasteiger partial charge < -0.3 is 19.6 Å². The number of nitrogens with zero attached hydrogens (tertiary/aromatic N) is 6. The molecule has 3 aromatic rings. The minimum absolute atomic E-state index is 0.110. The van der Waals surface area contributed by atoms with Crippen LogP contribution in [0.2, 0.25) is 0 Å². The molecule has 0 radical (unpaired) electrons. The van der Waals surface area contributed by atoms with Gasteiger partial charge in [0.15, 0.2) is 5.82 Å². The van der Waals surface area contributed by atoms with Gasteiger partial charge in [0.25, 0.3) is 0 Å². The SMILES string of the molecule is CN1C=CN2c3ccccc3C3=C(C12)C1(C)C2N(C)c4cncnc4N2c2ccccc2C31C. The lowest BCUT2D eigenvalue weighted by Crippen LogP contribution is -2.72. The molecule has 1 aromatic heterocycles. The Bertz CT molecular complexity index is 1470. The van der Waals surface area contributed by atoms with Crippen molar-refractivity contribution >= 4 is 28.5 Å². The van der Waals surface area contributed by atoms with Gasteiger partial charge in [-0.2, -0.15) is 0 Å². The summed E-state index contributed by atoms with van der Waals surface area (Å²) in [4.78, 5) is 18.8. The van der Waals surface area contributed by atoms with Crippen LogP contribution in [0.15, 0.2) is 79.0 Å². The number of para-hydroxylation sites is 2. The molecule has 2 aromatic carbocycles. The monoisotopic (exact) mass is 446 g/mol. The molecular formula is C28H26N6. The summed E-state index contributed by atoms with van der Waals surface area (Å²) < 4.78 is 0. The maximum atomic E-state index is 4.78. The normalized spacial score (nSPS) is 31.3. The number of fused-ring (bicyclic) bond motifs is 15. The van der Waals surface area contributed by atoms with E-state index in [0.717, 1.165) is 11.5 Å². The number of hydrogen-bond acceptors (Lipinski definition) is 6. The van der Waals surface area contributed by atoms with E-state index in [1.807, 2.05) is 6.20 Å². The highest BCUT2D eigenvalue weighted by atomic mass is 15.5. The Morgan fingerprint density at radius 2 is 1.65 bits per heavy atom. The van der Waals surface area contributed by atoms with Crippen molar-refractivity contribution in [3.8, 4) is 0 Å². The molecule has 0 fully saturated rings. The second kappa shape index (κ2) is 5.63. The first-order valence-electron chi connectivity index (χ1n) is 11.9. The summed E-state index contributed by atoms with van der Waals surface area (Å²) in [5.41, 5.74) is 9.08. The quantitative estimate of drug-likeness (QED) is 0.499. The standard InChI is InChI=1S/C28H26N6/c1-27-18-10-6-8-12-20(18)34-24-21(15-29-16-30-24)32(4)26(34)28(27,2)23-22(27)17-9-5-7-11-19(17)33-14-13-31(3)25(23)33/h5-16,25-26H,1-4H3. The molecule has 6 nitrogen and oxygen atoms in total. The Morgan fingerprint density at radius 3 is 2.50 bits per heavy atom. The van der Waals surface area contributed by atoms with Crippen molar-refractivity contribution in [2.75, 3.05) is 28.8 Å². The van der Waals surface area contributed by atoms with E-state index < -0.39 is 0 Å². The minimum Gasteiger partial charge on any atom is -0.355 e. The number of rotatable bonds is 0. The summed E-state index contributed by atoms with van der Waals surface area (Å²) in [6.45, 7) is 4.95. The first kappa shape index (κ1) is 18.6. The maximum absolute atomic E-state index is 4.78. The van der Waals surface area contributed by atoms with E-state index in [9.17, 15) is 0 Å². The van der Waals surface area contributed by atoms with Crippen LogP contribution in [-0.2, 0) is 5.41 Å². The average molecular weight is 447 g/mol. The lowest BCUT2D eigenvalue weighted by Gasteiger charge is -2.69. The van der Waals surface area contributed by atoms with Crippen molar-refractivity contribution in [1.29, 1.82) is 0 Å². The molecule has 0 saturated heterocycles. The number of likely N-dealkylation sites (N-methyl/N-ethyl adjacent to an activating group) is 1. The van der Waals surface area contributed by atoms with Gasteiger partial charge in [0, 0.05) is 48.6 Å². The summed E-state index contributed by atoms with van der Waals surface area (Å²) in [6.07, 6.45) is 8.37. The van der Waals surface area contributed by atoms with Crippen molar-refractivity contribution in [3.05, 3.63) is 90.2 Å². The van der Waals surface area contributed by atoms with Gasteiger partial charge >= 0.3 is 0 Å². The lowest BCUT2D eigenvalue weighted by molar-refractivity contribution is 0.133. The first-order chi connectivity index (χ1) is 16.5. The van der Waals surface area contributed by atoms with Crippen molar-refractivity contribution in [2.45, 2.75) is 31.6 Å². The van der Waals surface area contributed by atoms with Crippen LogP contribution in [0.5, 0.6) is 0 Å². The third kappa shape index (κ3) is 1.69. The smallest absolute Gasteiger partial charge is 0.161 e. The van der Waals surface area contributed by atoms with Crippen LogP contribution < -0.4 is 14.7 Å². The fraction of sp³-hybridized carbons (Fsp3) is 0.286. The predicted molar refractivity (Wildman–Crippen MR) is 135 cm³/mol. The second-order valence-electron chi connectivity index (χ2n) is 10.5. The van der Waals surface area contributed by atoms with Crippen molar-refractivity contribution < 1.29 is 0 Å². The van der Waals surface area contributed by atoms with Crippen LogP contribution in [0, 0.1) is 5.41 Å². The molecule has 4 aliphatic heterocycles. The Kier molecular flexibility index (Phi) is 3.08. The summed E-state index contributed by atoms with van der Waals surface area (Å²) in [6, 6.07) is 17.9. The van der Waals surface area contributed by atoms with Crippen molar-refractivity contribution in [2.24, 2.45) is 5.41 Å². The van der Waals surface area contributed by atoms with Crippen LogP contribution >= 0.6 is 0 Å². The van der Waals surface area contributed by atoms with Crippen LogP contribution in [-0.4, -0.2) is 41.3 Å². The van der Waals surface area contributed by atoms with Crippen LogP contribution in [0.1, 0.15) is 25.0 Å². The molecule has 5 aliphatic rings. The highest BCUT2D eigenvalue weighted by Crippen LogP contribution is 2.75. The number of anilines is 4. The van der Waals surface area contributed by atoms with Gasteiger partial charge in [-0.1, -0.05) is 50.2 Å². The van der Waals surface area contributed by atoms with Gasteiger partial charge in [0.2, 0.25) is 0 Å². The van der Waals surface area contributed by atoms with Gasteiger partial charge in [-0.3, -0.25) is 0 Å². The van der Waals surface area contributed by atoms with Crippen LogP contribution in [0.3, 0.4) is 0 Å². The first-order valence-corrected chi connectivity index (χ1v) is 11.9. The number of benzene rings is 2. The van der Waals surface area contributed by atoms with E-state index in [1.165, 1.54) is 33.6 Å². The van der Waals surface area contributed by atoms with E-state index >= 15 is 0 Å². The van der Waals surface area contributed by atoms with E-state index in [0.29, 0.717) is 0 Å². The van der Waals surface area contributed by atoms with E-state index in [4.69, 9.17) is 4.98 Å². The zero-order chi connectivity index (χ0) is 23.0. The van der Waals surface area contributed by atoms with Gasteiger partial charge in [-0.05, 0) is 28.8 Å². The van der Waals surface area contributed by atoms with Crippen molar-refractivity contribution in [1.82, 2.24) is 14.9 Å². The molecule has 34 heavy (non-hydrogen) atoms. The molecule has 4 atom stereocenters. The van der Waals surface area contributed by atoms with E-state index in [-0.39, 0.29) is 23.2 Å². The van der Waals surface area contributed by atoms with Gasteiger partial charge in [0.05, 0.1) is 11.9 Å². The number of allylic oxidation sites excluding steroid dienone is 1. The average Bonchev–Trinajstić information content (AvgIpc) is 3.39. The topological polar surface area (TPSA) is 38.7 Å². The predicted octanol–water partition coefficient (Wildman–Crippen LogP) is 4.70. The Hall–Kier alpha value is -3.80. The molecular weight excluding hydrogens is 420 g/mol. The summed E-state index contributed by atoms with van der Waals surface area (Å²) in [5.74, 6) is 0.998. The third-order valence-corrected chi connectivity index (χ3v) is 9.30. The number of hydrogen-bond donors (Lipinski definition) is 0. The summed E-state index contributed by atoms with van der Waals surface area (Å²) >= 11 is 0. The zero-order valence-corrected chi connectivity index (χ0v) is 19.8. The Morgan fingerprint density at radius 1 is 0.882 bits per heavy atom. The number of aromatic nitrogens is 2. The summed E-state index contributed by atoms with van der Waals surface area (Å²) in [5, 5.41) is 0. The van der Waals surface area contributed by atoms with Crippen LogP contribution in [0.25, 0.3) is 5.57 Å². The van der Waals surface area contributed by atoms with E-state index in [1.54, 1.807) is 6.33 Å². The maximum Gasteiger partial charge on any atom is 0.161 e. The molecule has 5 heterocycles. The molecule has 168 valence electrons. The highest BCUT2D eigenvalue weighted by Gasteiger charge is 2.73. The third-order valence-electron chi connectivity index (χ3n) is 9.30. The van der Waals surface area contributed by atoms with Gasteiger partial charge in [-0.15, -0.1) is 0 Å². The summed E-state index contributed by atoms with van der Waals surface area (Å²) in [7, 11) is 4.40. The molecule has 4 unspecified atom stereocenters. The van der Waals surface area contributed by atoms with E-state index in [2.05, 4.69) is 113 Å². The van der Waals surface area contributed by atoms with Gasteiger partial charge in [0.1, 0.15) is 24.3 Å². The fourth-order valence-electron chi connectivity index (χ4n) is 7.79. The molecule has 8 rings (SSSR count). The Labute approximate surface area is 199 Å².